The molecule has 0 atom stereocenters. The van der Waals surface area contributed by atoms with Gasteiger partial charge in [0.2, 0.25) is 5.91 Å². The zero-order valence-electron chi connectivity index (χ0n) is 14.8. The van der Waals surface area contributed by atoms with Gasteiger partial charge in [0.25, 0.3) is 5.91 Å². The van der Waals surface area contributed by atoms with Gasteiger partial charge in [0.15, 0.2) is 0 Å². The van der Waals surface area contributed by atoms with Crippen LogP contribution in [0.25, 0.3) is 0 Å². The van der Waals surface area contributed by atoms with Crippen LogP contribution in [0.1, 0.15) is 46.8 Å². The van der Waals surface area contributed by atoms with E-state index in [9.17, 15) is 9.59 Å². The van der Waals surface area contributed by atoms with Crippen molar-refractivity contribution in [3.05, 3.63) is 64.7 Å². The Morgan fingerprint density at radius 1 is 1.12 bits per heavy atom. The maximum absolute atomic E-state index is 12.8. The topological polar surface area (TPSA) is 49.4 Å². The van der Waals surface area contributed by atoms with E-state index < -0.39 is 0 Å². The van der Waals surface area contributed by atoms with E-state index in [0.717, 1.165) is 29.7 Å². The zero-order chi connectivity index (χ0) is 17.8. The van der Waals surface area contributed by atoms with Crippen LogP contribution in [0.5, 0.6) is 0 Å². The van der Waals surface area contributed by atoms with Crippen LogP contribution < -0.4 is 10.2 Å². The molecule has 0 saturated heterocycles. The number of fused-ring (bicyclic) bond motifs is 1. The molecule has 2 aromatic carbocycles. The highest BCUT2D eigenvalue weighted by Crippen LogP contribution is 2.30. The maximum Gasteiger partial charge on any atom is 0.258 e. The average Bonchev–Trinajstić information content (AvgIpc) is 3.03. The third-order valence-electron chi connectivity index (χ3n) is 4.56. The highest BCUT2D eigenvalue weighted by atomic mass is 16.2. The number of hydrogen-bond acceptors (Lipinski definition) is 2. The fraction of sp³-hybridized carbons (Fsp3) is 0.333. The van der Waals surface area contributed by atoms with Crippen LogP contribution in [0, 0.1) is 6.92 Å². The Morgan fingerprint density at radius 2 is 1.88 bits per heavy atom. The normalized spacial score (nSPS) is 12.8. The number of carbonyl (C=O) groups excluding carboxylic acids is 2. The molecule has 0 spiro atoms. The lowest BCUT2D eigenvalue weighted by molar-refractivity contribution is -0.121. The first kappa shape index (κ1) is 17.2. The summed E-state index contributed by atoms with van der Waals surface area (Å²) >= 11 is 0. The molecule has 0 unspecified atom stereocenters. The number of nitrogens with one attached hydrogen (secondary N) is 1. The van der Waals surface area contributed by atoms with Crippen molar-refractivity contribution in [1.82, 2.24) is 5.32 Å². The standard InChI is InChI=1S/C21H24N2O2/c1-3-4-20(24)22-14-16-7-10-17-11-12-23(19(17)13-16)21(25)18-8-5-15(2)6-9-18/h5-10,13H,3-4,11-12,14H2,1-2H3,(H,22,24). The minimum atomic E-state index is 0.0333. The van der Waals surface area contributed by atoms with E-state index in [-0.39, 0.29) is 11.8 Å². The van der Waals surface area contributed by atoms with Crippen LogP contribution in [-0.2, 0) is 17.8 Å². The van der Waals surface area contributed by atoms with Crippen molar-refractivity contribution in [3.63, 3.8) is 0 Å². The lowest BCUT2D eigenvalue weighted by Gasteiger charge is -2.18. The molecule has 4 heteroatoms. The Morgan fingerprint density at radius 3 is 2.60 bits per heavy atom. The molecule has 0 bridgehead atoms. The molecule has 0 aliphatic carbocycles. The van der Waals surface area contributed by atoms with Crippen molar-refractivity contribution in [1.29, 1.82) is 0 Å². The average molecular weight is 336 g/mol. The first-order valence-electron chi connectivity index (χ1n) is 8.85. The number of hydrogen-bond donors (Lipinski definition) is 1. The fourth-order valence-electron chi connectivity index (χ4n) is 3.11. The van der Waals surface area contributed by atoms with Crippen molar-refractivity contribution in [2.24, 2.45) is 0 Å². The molecule has 0 fully saturated rings. The molecular formula is C21H24N2O2. The second-order valence-electron chi connectivity index (χ2n) is 6.56. The lowest BCUT2D eigenvalue weighted by atomic mass is 10.1. The smallest absolute Gasteiger partial charge is 0.258 e. The summed E-state index contributed by atoms with van der Waals surface area (Å²) < 4.78 is 0. The van der Waals surface area contributed by atoms with Gasteiger partial charge in [0.05, 0.1) is 0 Å². The summed E-state index contributed by atoms with van der Waals surface area (Å²) in [4.78, 5) is 26.3. The van der Waals surface area contributed by atoms with E-state index in [1.54, 1.807) is 0 Å². The van der Waals surface area contributed by atoms with E-state index in [1.165, 1.54) is 5.56 Å². The van der Waals surface area contributed by atoms with Gasteiger partial charge in [0.1, 0.15) is 0 Å². The van der Waals surface area contributed by atoms with Gasteiger partial charge < -0.3 is 10.2 Å². The van der Waals surface area contributed by atoms with E-state index >= 15 is 0 Å². The molecule has 2 aromatic rings. The molecule has 0 aromatic heterocycles. The molecular weight excluding hydrogens is 312 g/mol. The number of rotatable bonds is 5. The third-order valence-corrected chi connectivity index (χ3v) is 4.56. The summed E-state index contributed by atoms with van der Waals surface area (Å²) in [6.45, 7) is 5.20. The molecule has 3 rings (SSSR count). The Hall–Kier alpha value is -2.62. The minimum Gasteiger partial charge on any atom is -0.352 e. The summed E-state index contributed by atoms with van der Waals surface area (Å²) in [5, 5.41) is 2.93. The van der Waals surface area contributed by atoms with Crippen LogP contribution >= 0.6 is 0 Å². The minimum absolute atomic E-state index is 0.0333. The van der Waals surface area contributed by atoms with Crippen LogP contribution in [0.15, 0.2) is 42.5 Å². The van der Waals surface area contributed by atoms with Gasteiger partial charge in [-0.15, -0.1) is 0 Å². The van der Waals surface area contributed by atoms with Gasteiger partial charge in [-0.3, -0.25) is 9.59 Å². The van der Waals surface area contributed by atoms with Gasteiger partial charge in [-0.2, -0.15) is 0 Å². The quantitative estimate of drug-likeness (QED) is 0.907. The predicted octanol–water partition coefficient (Wildman–Crippen LogP) is 3.61. The van der Waals surface area contributed by atoms with Crippen molar-refractivity contribution in [2.75, 3.05) is 11.4 Å². The van der Waals surface area contributed by atoms with E-state index in [1.807, 2.05) is 55.1 Å². The molecule has 1 aliphatic rings. The highest BCUT2D eigenvalue weighted by molar-refractivity contribution is 6.07. The number of nitrogens with zero attached hydrogens (tertiary/aromatic N) is 1. The summed E-state index contributed by atoms with van der Waals surface area (Å²) in [5.74, 6) is 0.0986. The van der Waals surface area contributed by atoms with Gasteiger partial charge >= 0.3 is 0 Å². The van der Waals surface area contributed by atoms with Gasteiger partial charge in [-0.05, 0) is 49.1 Å². The summed E-state index contributed by atoms with van der Waals surface area (Å²) in [7, 11) is 0. The maximum atomic E-state index is 12.8. The van der Waals surface area contributed by atoms with Crippen molar-refractivity contribution in [2.45, 2.75) is 39.7 Å². The molecule has 1 aliphatic heterocycles. The van der Waals surface area contributed by atoms with Crippen LogP contribution in [0.4, 0.5) is 5.69 Å². The monoisotopic (exact) mass is 336 g/mol. The van der Waals surface area contributed by atoms with Crippen molar-refractivity contribution >= 4 is 17.5 Å². The predicted molar refractivity (Wildman–Crippen MR) is 99.8 cm³/mol. The Balaban J connectivity index is 1.76. The highest BCUT2D eigenvalue weighted by Gasteiger charge is 2.25. The van der Waals surface area contributed by atoms with E-state index in [2.05, 4.69) is 11.4 Å². The molecule has 1 heterocycles. The first-order valence-corrected chi connectivity index (χ1v) is 8.85. The summed E-state index contributed by atoms with van der Waals surface area (Å²) in [6.07, 6.45) is 2.26. The number of carbonyl (C=O) groups is 2. The Kier molecular flexibility index (Phi) is 5.17. The van der Waals surface area contributed by atoms with Crippen molar-refractivity contribution in [3.8, 4) is 0 Å². The zero-order valence-corrected chi connectivity index (χ0v) is 14.8. The molecule has 1 N–H and O–H groups in total. The van der Waals surface area contributed by atoms with Gasteiger partial charge in [0, 0.05) is 30.8 Å². The van der Waals surface area contributed by atoms with Crippen LogP contribution in [0.2, 0.25) is 0 Å². The van der Waals surface area contributed by atoms with Gasteiger partial charge in [-0.25, -0.2) is 0 Å². The van der Waals surface area contributed by atoms with Crippen molar-refractivity contribution < 1.29 is 9.59 Å². The fourth-order valence-corrected chi connectivity index (χ4v) is 3.11. The van der Waals surface area contributed by atoms with Crippen LogP contribution in [0.3, 0.4) is 0 Å². The molecule has 130 valence electrons. The second-order valence-corrected chi connectivity index (χ2v) is 6.56. The molecule has 4 nitrogen and oxygen atoms in total. The van der Waals surface area contributed by atoms with Gasteiger partial charge in [-0.1, -0.05) is 36.8 Å². The Labute approximate surface area is 148 Å². The second kappa shape index (κ2) is 7.51. The number of anilines is 1. The number of amides is 2. The number of benzene rings is 2. The molecule has 25 heavy (non-hydrogen) atoms. The number of aryl methyl sites for hydroxylation is 1. The molecule has 0 saturated carbocycles. The summed E-state index contributed by atoms with van der Waals surface area (Å²) in [5.41, 5.74) is 5.02. The summed E-state index contributed by atoms with van der Waals surface area (Å²) in [6, 6.07) is 13.8. The largest absolute Gasteiger partial charge is 0.352 e. The molecule has 0 radical (unpaired) electrons. The van der Waals surface area contributed by atoms with Crippen LogP contribution in [-0.4, -0.2) is 18.4 Å². The SMILES string of the molecule is CCCC(=O)NCc1ccc2c(c1)N(C(=O)c1ccc(C)cc1)CC2. The Bertz CT molecular complexity index is 781. The lowest BCUT2D eigenvalue weighted by Crippen LogP contribution is -2.29. The first-order chi connectivity index (χ1) is 12.1. The van der Waals surface area contributed by atoms with E-state index in [0.29, 0.717) is 25.1 Å². The van der Waals surface area contributed by atoms with E-state index in [4.69, 9.17) is 0 Å². The third kappa shape index (κ3) is 3.90. The molecule has 2 amide bonds.